The molecule has 0 radical (unpaired) electrons. The molecule has 1 heterocycles. The lowest BCUT2D eigenvalue weighted by atomic mass is 10.1. The van der Waals surface area contributed by atoms with Crippen molar-refractivity contribution in [3.05, 3.63) is 62.7 Å². The monoisotopic (exact) mass is 468 g/mol. The van der Waals surface area contributed by atoms with Gasteiger partial charge >= 0.3 is 12.0 Å². The van der Waals surface area contributed by atoms with Gasteiger partial charge in [0.05, 0.1) is 22.3 Å². The van der Waals surface area contributed by atoms with Crippen LogP contribution in [0.2, 0.25) is 15.1 Å². The van der Waals surface area contributed by atoms with E-state index in [2.05, 4.69) is 5.32 Å². The molecule has 2 aromatic carbocycles. The zero-order valence-corrected chi connectivity index (χ0v) is 17.8. The molecule has 7 nitrogen and oxygen atoms in total. The molecule has 30 heavy (non-hydrogen) atoms. The average molecular weight is 470 g/mol. The number of rotatable bonds is 6. The van der Waals surface area contributed by atoms with Crippen molar-refractivity contribution in [1.29, 1.82) is 0 Å². The largest absolute Gasteiger partial charge is 0.479 e. The second kappa shape index (κ2) is 9.38. The summed E-state index contributed by atoms with van der Waals surface area (Å²) in [6, 6.07) is 8.66. The maximum absolute atomic E-state index is 12.7. The Morgan fingerprint density at radius 2 is 1.73 bits per heavy atom. The number of nitrogens with zero attached hydrogens (tertiary/aromatic N) is 1. The van der Waals surface area contributed by atoms with E-state index < -0.39 is 17.9 Å². The fourth-order valence-corrected chi connectivity index (χ4v) is 3.40. The normalized spacial score (nSPS) is 14.8. The number of benzene rings is 2. The lowest BCUT2D eigenvalue weighted by Crippen LogP contribution is -2.30. The number of halogens is 3. The molecule has 0 atom stereocenters. The van der Waals surface area contributed by atoms with E-state index >= 15 is 0 Å². The minimum atomic E-state index is -0.597. The fourth-order valence-electron chi connectivity index (χ4n) is 2.66. The van der Waals surface area contributed by atoms with Gasteiger partial charge in [-0.1, -0.05) is 34.8 Å². The second-order valence-corrected chi connectivity index (χ2v) is 7.26. The number of urea groups is 1. The minimum Gasteiger partial charge on any atom is -0.479 e. The van der Waals surface area contributed by atoms with Crippen LogP contribution in [0.4, 0.5) is 10.5 Å². The van der Waals surface area contributed by atoms with Gasteiger partial charge in [0.2, 0.25) is 0 Å². The number of nitrogens with one attached hydrogen (secondary N) is 1. The van der Waals surface area contributed by atoms with Crippen molar-refractivity contribution in [1.82, 2.24) is 5.32 Å². The second-order valence-electron chi connectivity index (χ2n) is 6.01. The summed E-state index contributed by atoms with van der Waals surface area (Å²) in [4.78, 5) is 37.4. The maximum Gasteiger partial charge on any atom is 0.344 e. The Morgan fingerprint density at radius 3 is 2.33 bits per heavy atom. The Labute approximate surface area is 187 Å². The standard InChI is InChI=1S/C20H15Cl3N2O5/c1-2-29-17(26)10-30-18-14(22)7-11(8-15(18)23)9-16-19(27)25(20(28)24-16)13-5-3-12(21)4-6-13/h3-9H,2,10H2,1H3,(H,24,28)/b16-9+. The van der Waals surface area contributed by atoms with Gasteiger partial charge in [0.25, 0.3) is 5.91 Å². The van der Waals surface area contributed by atoms with Crippen molar-refractivity contribution in [2.45, 2.75) is 6.92 Å². The molecule has 1 saturated heterocycles. The third-order valence-corrected chi connectivity index (χ3v) is 4.75. The van der Waals surface area contributed by atoms with Gasteiger partial charge < -0.3 is 14.8 Å². The Hall–Kier alpha value is -2.74. The Balaban J connectivity index is 1.81. The van der Waals surface area contributed by atoms with Crippen molar-refractivity contribution < 1.29 is 23.9 Å². The first-order valence-corrected chi connectivity index (χ1v) is 9.83. The number of carbonyl (C=O) groups excluding carboxylic acids is 3. The van der Waals surface area contributed by atoms with Crippen LogP contribution in [0.3, 0.4) is 0 Å². The Kier molecular flexibility index (Phi) is 6.87. The maximum atomic E-state index is 12.7. The van der Waals surface area contributed by atoms with E-state index in [0.29, 0.717) is 16.3 Å². The zero-order chi connectivity index (χ0) is 21.8. The minimum absolute atomic E-state index is 0.0438. The topological polar surface area (TPSA) is 84.9 Å². The van der Waals surface area contributed by atoms with Gasteiger partial charge in [-0.25, -0.2) is 14.5 Å². The molecule has 3 amide bonds. The molecule has 0 bridgehead atoms. The van der Waals surface area contributed by atoms with Crippen LogP contribution in [-0.2, 0) is 14.3 Å². The highest BCUT2D eigenvalue weighted by Gasteiger charge is 2.34. The summed E-state index contributed by atoms with van der Waals surface area (Å²) < 4.78 is 10.1. The Bertz CT molecular complexity index is 1010. The molecule has 3 rings (SSSR count). The SMILES string of the molecule is CCOC(=O)COc1c(Cl)cc(/C=C2/NC(=O)N(c3ccc(Cl)cc3)C2=O)cc1Cl. The molecule has 1 N–H and O–H groups in total. The number of anilines is 1. The van der Waals surface area contributed by atoms with E-state index in [1.807, 2.05) is 0 Å². The van der Waals surface area contributed by atoms with E-state index in [1.54, 1.807) is 31.2 Å². The van der Waals surface area contributed by atoms with Crippen LogP contribution in [0.25, 0.3) is 6.08 Å². The van der Waals surface area contributed by atoms with E-state index in [1.165, 1.54) is 18.2 Å². The van der Waals surface area contributed by atoms with Crippen molar-refractivity contribution >= 4 is 64.5 Å². The third-order valence-electron chi connectivity index (χ3n) is 3.93. The van der Waals surface area contributed by atoms with Crippen molar-refractivity contribution in [3.63, 3.8) is 0 Å². The molecule has 0 saturated carbocycles. The van der Waals surface area contributed by atoms with Crippen molar-refractivity contribution in [2.75, 3.05) is 18.1 Å². The van der Waals surface area contributed by atoms with Crippen LogP contribution in [0.5, 0.6) is 5.75 Å². The number of carbonyl (C=O) groups is 3. The van der Waals surface area contributed by atoms with E-state index in [-0.39, 0.29) is 34.7 Å². The first-order chi connectivity index (χ1) is 14.3. The van der Waals surface area contributed by atoms with Crippen molar-refractivity contribution in [3.8, 4) is 5.75 Å². The smallest absolute Gasteiger partial charge is 0.344 e. The van der Waals surface area contributed by atoms with Gasteiger partial charge in [0.1, 0.15) is 5.70 Å². The molecule has 0 aliphatic carbocycles. The number of hydrogen-bond acceptors (Lipinski definition) is 5. The fraction of sp³-hybridized carbons (Fsp3) is 0.150. The van der Waals surface area contributed by atoms with Crippen LogP contribution in [0.1, 0.15) is 12.5 Å². The molecule has 0 aromatic heterocycles. The van der Waals surface area contributed by atoms with Crippen molar-refractivity contribution in [2.24, 2.45) is 0 Å². The van der Waals surface area contributed by atoms with E-state index in [9.17, 15) is 14.4 Å². The average Bonchev–Trinajstić information content (AvgIpc) is 2.95. The summed E-state index contributed by atoms with van der Waals surface area (Å²) in [5.74, 6) is -0.993. The molecule has 1 fully saturated rings. The summed E-state index contributed by atoms with van der Waals surface area (Å²) in [5, 5.41) is 3.25. The molecule has 2 aromatic rings. The number of amides is 3. The van der Waals surface area contributed by atoms with Crippen LogP contribution < -0.4 is 15.0 Å². The molecule has 0 spiro atoms. The highest BCUT2D eigenvalue weighted by atomic mass is 35.5. The summed E-state index contributed by atoms with van der Waals surface area (Å²) in [5.41, 5.74) is 0.876. The lowest BCUT2D eigenvalue weighted by Gasteiger charge is -2.11. The highest BCUT2D eigenvalue weighted by Crippen LogP contribution is 2.35. The number of esters is 1. The first-order valence-electron chi connectivity index (χ1n) is 8.70. The first kappa shape index (κ1) is 22.0. The molecular formula is C20H15Cl3N2O5. The summed E-state index contributed by atoms with van der Waals surface area (Å²) in [6.45, 7) is 1.55. The lowest BCUT2D eigenvalue weighted by molar-refractivity contribution is -0.145. The predicted octanol–water partition coefficient (Wildman–Crippen LogP) is 4.69. The van der Waals surface area contributed by atoms with Gasteiger partial charge in [0.15, 0.2) is 12.4 Å². The summed E-state index contributed by atoms with van der Waals surface area (Å²) >= 11 is 18.2. The van der Waals surface area contributed by atoms with Crippen LogP contribution >= 0.6 is 34.8 Å². The third kappa shape index (κ3) is 4.87. The number of ether oxygens (including phenoxy) is 2. The summed E-state index contributed by atoms with van der Waals surface area (Å²) in [6.07, 6.45) is 1.43. The number of hydrogen-bond donors (Lipinski definition) is 1. The van der Waals surface area contributed by atoms with Crippen LogP contribution in [-0.4, -0.2) is 31.1 Å². The molecule has 1 aliphatic heterocycles. The molecule has 0 unspecified atom stereocenters. The van der Waals surface area contributed by atoms with Gasteiger partial charge in [-0.15, -0.1) is 0 Å². The molecule has 10 heteroatoms. The zero-order valence-electron chi connectivity index (χ0n) is 15.6. The van der Waals surface area contributed by atoms with E-state index in [0.717, 1.165) is 4.90 Å². The molecular weight excluding hydrogens is 455 g/mol. The van der Waals surface area contributed by atoms with E-state index in [4.69, 9.17) is 44.3 Å². The van der Waals surface area contributed by atoms with Crippen LogP contribution in [0.15, 0.2) is 42.1 Å². The number of imide groups is 1. The molecule has 156 valence electrons. The molecule has 1 aliphatic rings. The van der Waals surface area contributed by atoms with Gasteiger partial charge in [-0.05, 0) is 55.0 Å². The quantitative estimate of drug-likeness (QED) is 0.377. The van der Waals surface area contributed by atoms with Gasteiger partial charge in [0, 0.05) is 5.02 Å². The Morgan fingerprint density at radius 1 is 1.10 bits per heavy atom. The highest BCUT2D eigenvalue weighted by molar-refractivity contribution is 6.37. The summed E-state index contributed by atoms with van der Waals surface area (Å²) in [7, 11) is 0. The predicted molar refractivity (Wildman–Crippen MR) is 114 cm³/mol. The van der Waals surface area contributed by atoms with Gasteiger partial charge in [-0.3, -0.25) is 4.79 Å². The van der Waals surface area contributed by atoms with Gasteiger partial charge in [-0.2, -0.15) is 0 Å². The van der Waals surface area contributed by atoms with Crippen LogP contribution in [0, 0.1) is 0 Å².